The van der Waals surface area contributed by atoms with Crippen LogP contribution in [0.5, 0.6) is 0 Å². The molecule has 0 radical (unpaired) electrons. The molecule has 0 spiro atoms. The van der Waals surface area contributed by atoms with Crippen LogP contribution in [0.4, 0.5) is 5.82 Å². The summed E-state index contributed by atoms with van der Waals surface area (Å²) in [6.07, 6.45) is 2.55. The van der Waals surface area contributed by atoms with Gasteiger partial charge in [0.2, 0.25) is 0 Å². The number of pyridine rings is 1. The zero-order valence-corrected chi connectivity index (χ0v) is 10.9. The van der Waals surface area contributed by atoms with Gasteiger partial charge in [0.05, 0.1) is 6.10 Å². The van der Waals surface area contributed by atoms with Gasteiger partial charge in [0.25, 0.3) is 0 Å². The molecule has 1 heterocycles. The first kappa shape index (κ1) is 13.9. The van der Waals surface area contributed by atoms with Gasteiger partial charge in [0.15, 0.2) is 0 Å². The van der Waals surface area contributed by atoms with Crippen LogP contribution < -0.4 is 11.5 Å². The Kier molecular flexibility index (Phi) is 5.38. The number of anilines is 1. The van der Waals surface area contributed by atoms with Crippen LogP contribution in [0.25, 0.3) is 0 Å². The number of hydrogen-bond acceptors (Lipinski definition) is 4. The van der Waals surface area contributed by atoms with E-state index in [1.54, 1.807) is 6.20 Å². The van der Waals surface area contributed by atoms with Crippen molar-refractivity contribution in [2.75, 3.05) is 12.3 Å². The first-order valence-electron chi connectivity index (χ1n) is 6.12. The average molecular weight is 237 g/mol. The van der Waals surface area contributed by atoms with E-state index in [4.69, 9.17) is 16.2 Å². The number of rotatable bonds is 6. The Hall–Kier alpha value is -1.13. The monoisotopic (exact) mass is 237 g/mol. The largest absolute Gasteiger partial charge is 0.384 e. The first-order valence-corrected chi connectivity index (χ1v) is 6.12. The van der Waals surface area contributed by atoms with Crippen LogP contribution in [-0.2, 0) is 11.2 Å². The summed E-state index contributed by atoms with van der Waals surface area (Å²) in [5.74, 6) is 0.941. The molecule has 2 unspecified atom stereocenters. The summed E-state index contributed by atoms with van der Waals surface area (Å²) >= 11 is 0. The van der Waals surface area contributed by atoms with Crippen molar-refractivity contribution in [3.63, 3.8) is 0 Å². The van der Waals surface area contributed by atoms with E-state index in [1.807, 2.05) is 19.1 Å². The lowest BCUT2D eigenvalue weighted by molar-refractivity contribution is 0.0128. The molecule has 2 atom stereocenters. The molecule has 0 aliphatic carbocycles. The van der Waals surface area contributed by atoms with Crippen molar-refractivity contribution in [2.24, 2.45) is 11.7 Å². The van der Waals surface area contributed by atoms with E-state index in [1.165, 1.54) is 0 Å². The minimum absolute atomic E-state index is 0.0169. The van der Waals surface area contributed by atoms with Crippen molar-refractivity contribution in [3.05, 3.63) is 23.9 Å². The van der Waals surface area contributed by atoms with E-state index in [-0.39, 0.29) is 12.1 Å². The van der Waals surface area contributed by atoms with Gasteiger partial charge in [0, 0.05) is 18.8 Å². The van der Waals surface area contributed by atoms with Crippen molar-refractivity contribution < 1.29 is 4.74 Å². The molecule has 0 amide bonds. The Labute approximate surface area is 103 Å². The summed E-state index contributed by atoms with van der Waals surface area (Å²) in [6.45, 7) is 6.93. The number of nitrogens with zero attached hydrogens (tertiary/aromatic N) is 1. The Bertz CT molecular complexity index is 341. The van der Waals surface area contributed by atoms with E-state index in [0.717, 1.165) is 12.0 Å². The maximum atomic E-state index is 6.20. The molecular formula is C13H23N3O. The van der Waals surface area contributed by atoms with Gasteiger partial charge < -0.3 is 16.2 Å². The third kappa shape index (κ3) is 4.32. The van der Waals surface area contributed by atoms with Gasteiger partial charge in [-0.3, -0.25) is 0 Å². The maximum absolute atomic E-state index is 6.20. The van der Waals surface area contributed by atoms with Crippen molar-refractivity contribution in [2.45, 2.75) is 39.3 Å². The van der Waals surface area contributed by atoms with Gasteiger partial charge in [-0.2, -0.15) is 0 Å². The summed E-state index contributed by atoms with van der Waals surface area (Å²) in [6, 6.07) is 3.79. The molecule has 0 bridgehead atoms. The van der Waals surface area contributed by atoms with Crippen LogP contribution in [0.1, 0.15) is 26.3 Å². The molecule has 1 aromatic rings. The van der Waals surface area contributed by atoms with Crippen LogP contribution >= 0.6 is 0 Å². The zero-order valence-electron chi connectivity index (χ0n) is 10.9. The topological polar surface area (TPSA) is 74.2 Å². The van der Waals surface area contributed by atoms with Crippen LogP contribution in [0.15, 0.2) is 18.3 Å². The molecule has 0 aliphatic heterocycles. The van der Waals surface area contributed by atoms with E-state index in [0.29, 0.717) is 18.3 Å². The molecule has 0 saturated carbocycles. The fraction of sp³-hybridized carbons (Fsp3) is 0.615. The predicted octanol–water partition coefficient (Wildman–Crippen LogP) is 1.59. The van der Waals surface area contributed by atoms with E-state index in [2.05, 4.69) is 18.8 Å². The second-order valence-electron chi connectivity index (χ2n) is 4.62. The van der Waals surface area contributed by atoms with Crippen molar-refractivity contribution in [3.8, 4) is 0 Å². The van der Waals surface area contributed by atoms with Gasteiger partial charge >= 0.3 is 0 Å². The minimum atomic E-state index is -0.0169. The molecule has 0 saturated heterocycles. The minimum Gasteiger partial charge on any atom is -0.384 e. The van der Waals surface area contributed by atoms with E-state index >= 15 is 0 Å². The molecule has 96 valence electrons. The van der Waals surface area contributed by atoms with Gasteiger partial charge in [-0.25, -0.2) is 4.98 Å². The standard InChI is InChI=1S/C13H23N3O/c1-4-17-13(9(2)3)11(14)7-10-5-6-16-12(15)8-10/h5-6,8-9,11,13H,4,7,14H2,1-3H3,(H2,15,16). The second-order valence-corrected chi connectivity index (χ2v) is 4.62. The van der Waals surface area contributed by atoms with Crippen LogP contribution in [0.2, 0.25) is 0 Å². The van der Waals surface area contributed by atoms with E-state index < -0.39 is 0 Å². The molecule has 0 aromatic carbocycles. The molecule has 4 nitrogen and oxygen atoms in total. The van der Waals surface area contributed by atoms with Gasteiger partial charge in [-0.05, 0) is 37.0 Å². The lowest BCUT2D eigenvalue weighted by Crippen LogP contribution is -2.42. The predicted molar refractivity (Wildman–Crippen MR) is 70.6 cm³/mol. The third-order valence-corrected chi connectivity index (χ3v) is 2.76. The second kappa shape index (κ2) is 6.57. The summed E-state index contributed by atoms with van der Waals surface area (Å²) in [5, 5.41) is 0. The highest BCUT2D eigenvalue weighted by molar-refractivity contribution is 5.32. The molecule has 4 heteroatoms. The number of ether oxygens (including phenoxy) is 1. The summed E-state index contributed by atoms with van der Waals surface area (Å²) in [5.41, 5.74) is 13.0. The van der Waals surface area contributed by atoms with Crippen LogP contribution in [0.3, 0.4) is 0 Å². The molecular weight excluding hydrogens is 214 g/mol. The fourth-order valence-electron chi connectivity index (χ4n) is 2.01. The van der Waals surface area contributed by atoms with Crippen LogP contribution in [-0.4, -0.2) is 23.7 Å². The lowest BCUT2D eigenvalue weighted by atomic mass is 9.95. The number of hydrogen-bond donors (Lipinski definition) is 2. The highest BCUT2D eigenvalue weighted by atomic mass is 16.5. The number of aromatic nitrogens is 1. The molecule has 0 fully saturated rings. The number of nitrogen functional groups attached to an aromatic ring is 1. The summed E-state index contributed by atoms with van der Waals surface area (Å²) in [4.78, 5) is 3.97. The maximum Gasteiger partial charge on any atom is 0.123 e. The highest BCUT2D eigenvalue weighted by Crippen LogP contribution is 2.14. The molecule has 4 N–H and O–H groups in total. The van der Waals surface area contributed by atoms with Gasteiger partial charge in [0.1, 0.15) is 5.82 Å². The Morgan fingerprint density at radius 3 is 2.65 bits per heavy atom. The van der Waals surface area contributed by atoms with Crippen molar-refractivity contribution >= 4 is 5.82 Å². The van der Waals surface area contributed by atoms with E-state index in [9.17, 15) is 0 Å². The highest BCUT2D eigenvalue weighted by Gasteiger charge is 2.21. The normalized spacial score (nSPS) is 14.9. The SMILES string of the molecule is CCOC(C(C)C)C(N)Cc1ccnc(N)c1. The molecule has 1 aromatic heterocycles. The third-order valence-electron chi connectivity index (χ3n) is 2.76. The lowest BCUT2D eigenvalue weighted by Gasteiger charge is -2.27. The van der Waals surface area contributed by atoms with Crippen molar-refractivity contribution in [1.29, 1.82) is 0 Å². The summed E-state index contributed by atoms with van der Waals surface area (Å²) < 4.78 is 5.70. The van der Waals surface area contributed by atoms with Gasteiger partial charge in [-0.15, -0.1) is 0 Å². The quantitative estimate of drug-likeness (QED) is 0.788. The van der Waals surface area contributed by atoms with Gasteiger partial charge in [-0.1, -0.05) is 13.8 Å². The molecule has 17 heavy (non-hydrogen) atoms. The average Bonchev–Trinajstić information content (AvgIpc) is 2.25. The Morgan fingerprint density at radius 2 is 2.12 bits per heavy atom. The van der Waals surface area contributed by atoms with Crippen LogP contribution in [0, 0.1) is 5.92 Å². The fourth-order valence-corrected chi connectivity index (χ4v) is 2.01. The molecule has 1 rings (SSSR count). The zero-order chi connectivity index (χ0) is 12.8. The van der Waals surface area contributed by atoms with Crippen molar-refractivity contribution in [1.82, 2.24) is 4.98 Å². The number of nitrogens with two attached hydrogens (primary N) is 2. The smallest absolute Gasteiger partial charge is 0.123 e. The Balaban J connectivity index is 2.66. The molecule has 0 aliphatic rings. The first-order chi connectivity index (χ1) is 8.04. The summed E-state index contributed by atoms with van der Waals surface area (Å²) in [7, 11) is 0. The Morgan fingerprint density at radius 1 is 1.41 bits per heavy atom.